The molecule has 0 saturated carbocycles. The summed E-state index contributed by atoms with van der Waals surface area (Å²) in [5.41, 5.74) is 0.548. The lowest BCUT2D eigenvalue weighted by Gasteiger charge is -2.21. The molecule has 0 fully saturated rings. The fourth-order valence-electron chi connectivity index (χ4n) is 1.42. The second-order valence-electron chi connectivity index (χ2n) is 3.39. The quantitative estimate of drug-likeness (QED) is 0.741. The van der Waals surface area contributed by atoms with Gasteiger partial charge in [-0.1, -0.05) is 0 Å². The number of halogens is 3. The maximum atomic E-state index is 12.1. The van der Waals surface area contributed by atoms with Gasteiger partial charge in [-0.05, 0) is 51.8 Å². The van der Waals surface area contributed by atoms with Crippen LogP contribution in [0.4, 0.5) is 0 Å². The van der Waals surface area contributed by atoms with Gasteiger partial charge in [0.25, 0.3) is 0 Å². The van der Waals surface area contributed by atoms with Crippen molar-refractivity contribution in [1.29, 1.82) is 0 Å². The molecule has 0 N–H and O–H groups in total. The Morgan fingerprint density at radius 2 is 2.06 bits per heavy atom. The molecule has 1 heterocycles. The van der Waals surface area contributed by atoms with E-state index in [0.717, 1.165) is 8.95 Å². The Bertz CT molecular complexity index is 410. The molecule has 3 nitrogen and oxygen atoms in total. The third-order valence-electron chi connectivity index (χ3n) is 2.37. The minimum atomic E-state index is -0.752. The Balaban J connectivity index is 2.95. The van der Waals surface area contributed by atoms with Gasteiger partial charge in [-0.15, -0.1) is 11.6 Å². The molecule has 6 heteroatoms. The highest BCUT2D eigenvalue weighted by atomic mass is 79.9. The van der Waals surface area contributed by atoms with Gasteiger partial charge in [0.15, 0.2) is 5.38 Å². The summed E-state index contributed by atoms with van der Waals surface area (Å²) in [5.74, 6) is -0.118. The Kier molecular flexibility index (Phi) is 5.89. The molecule has 0 bridgehead atoms. The number of alkyl halides is 1. The van der Waals surface area contributed by atoms with Gasteiger partial charge in [-0.2, -0.15) is 0 Å². The molecule has 1 unspecified atom stereocenters. The molecule has 1 atom stereocenters. The molecule has 1 aromatic rings. The van der Waals surface area contributed by atoms with E-state index in [4.69, 9.17) is 11.6 Å². The van der Waals surface area contributed by atoms with Gasteiger partial charge < -0.3 is 4.90 Å². The number of rotatable bonds is 4. The van der Waals surface area contributed by atoms with Crippen LogP contribution >= 0.6 is 43.5 Å². The van der Waals surface area contributed by atoms with Gasteiger partial charge in [0, 0.05) is 28.2 Å². The maximum absolute atomic E-state index is 12.1. The minimum Gasteiger partial charge on any atom is -0.342 e. The predicted octanol–water partition coefficient (Wildman–Crippen LogP) is 3.75. The summed E-state index contributed by atoms with van der Waals surface area (Å²) in [4.78, 5) is 17.9. The van der Waals surface area contributed by atoms with Crippen LogP contribution in [0.5, 0.6) is 0 Å². The molecule has 0 aliphatic heterocycles. The summed E-state index contributed by atoms with van der Waals surface area (Å²) < 4.78 is 1.57. The minimum absolute atomic E-state index is 0.118. The van der Waals surface area contributed by atoms with Gasteiger partial charge in [-0.25, -0.2) is 0 Å². The Hall–Kier alpha value is -0.130. The highest BCUT2D eigenvalue weighted by Crippen LogP contribution is 2.29. The van der Waals surface area contributed by atoms with Crippen LogP contribution in [-0.2, 0) is 4.79 Å². The van der Waals surface area contributed by atoms with Crippen molar-refractivity contribution in [3.8, 4) is 0 Å². The topological polar surface area (TPSA) is 33.2 Å². The number of carbonyl (C=O) groups is 1. The molecule has 1 amide bonds. The fraction of sp³-hybridized carbons (Fsp3) is 0.455. The first-order chi connectivity index (χ1) is 8.01. The lowest BCUT2D eigenvalue weighted by atomic mass is 10.2. The van der Waals surface area contributed by atoms with Crippen molar-refractivity contribution in [2.45, 2.75) is 19.2 Å². The first-order valence-corrected chi connectivity index (χ1v) is 7.27. The first-order valence-electron chi connectivity index (χ1n) is 5.25. The number of carbonyl (C=O) groups excluding carboxylic acids is 1. The van der Waals surface area contributed by atoms with Gasteiger partial charge in [-0.3, -0.25) is 9.78 Å². The van der Waals surface area contributed by atoms with Gasteiger partial charge in [0.1, 0.15) is 0 Å². The van der Waals surface area contributed by atoms with Crippen molar-refractivity contribution in [2.24, 2.45) is 0 Å². The predicted molar refractivity (Wildman–Crippen MR) is 76.2 cm³/mol. The van der Waals surface area contributed by atoms with E-state index >= 15 is 0 Å². The molecule has 0 aliphatic carbocycles. The third-order valence-corrected chi connectivity index (χ3v) is 3.83. The van der Waals surface area contributed by atoms with Crippen LogP contribution in [0, 0.1) is 0 Å². The van der Waals surface area contributed by atoms with Crippen LogP contribution in [0.2, 0.25) is 0 Å². The average Bonchev–Trinajstić information content (AvgIpc) is 2.29. The number of amides is 1. The maximum Gasteiger partial charge on any atom is 0.246 e. The van der Waals surface area contributed by atoms with E-state index in [1.54, 1.807) is 11.1 Å². The Morgan fingerprint density at radius 1 is 1.47 bits per heavy atom. The van der Waals surface area contributed by atoms with E-state index in [9.17, 15) is 4.79 Å². The zero-order chi connectivity index (χ0) is 13.0. The monoisotopic (exact) mass is 382 g/mol. The van der Waals surface area contributed by atoms with Crippen LogP contribution in [0.3, 0.4) is 0 Å². The van der Waals surface area contributed by atoms with Gasteiger partial charge >= 0.3 is 0 Å². The van der Waals surface area contributed by atoms with E-state index in [-0.39, 0.29) is 5.91 Å². The SMILES string of the molecule is CCN(CC)C(=O)C(Cl)c1ncc(Br)cc1Br. The molecule has 0 aliphatic rings. The van der Waals surface area contributed by atoms with E-state index < -0.39 is 5.38 Å². The fourth-order valence-corrected chi connectivity index (χ4v) is 3.08. The molecule has 1 aromatic heterocycles. The molecule has 0 spiro atoms. The molecule has 0 radical (unpaired) electrons. The molecular formula is C11H13Br2ClN2O. The van der Waals surface area contributed by atoms with E-state index in [0.29, 0.717) is 18.8 Å². The molecular weight excluding hydrogens is 371 g/mol. The number of aromatic nitrogens is 1. The summed E-state index contributed by atoms with van der Waals surface area (Å²) in [6.45, 7) is 5.14. The van der Waals surface area contributed by atoms with Crippen molar-refractivity contribution in [1.82, 2.24) is 9.88 Å². The number of likely N-dealkylation sites (N-methyl/N-ethyl adjacent to an activating group) is 1. The normalized spacial score (nSPS) is 12.3. The van der Waals surface area contributed by atoms with E-state index in [1.165, 1.54) is 0 Å². The summed E-state index contributed by atoms with van der Waals surface area (Å²) >= 11 is 12.8. The van der Waals surface area contributed by atoms with Crippen LogP contribution < -0.4 is 0 Å². The smallest absolute Gasteiger partial charge is 0.246 e. The molecule has 17 heavy (non-hydrogen) atoms. The number of nitrogens with zero attached hydrogens (tertiary/aromatic N) is 2. The van der Waals surface area contributed by atoms with Crippen LogP contribution in [0.15, 0.2) is 21.2 Å². The highest BCUT2D eigenvalue weighted by Gasteiger charge is 2.25. The summed E-state index contributed by atoms with van der Waals surface area (Å²) in [6, 6.07) is 1.83. The van der Waals surface area contributed by atoms with E-state index in [1.807, 2.05) is 19.9 Å². The Labute approximate surface area is 123 Å². The number of hydrogen-bond acceptors (Lipinski definition) is 2. The molecule has 94 valence electrons. The van der Waals surface area contributed by atoms with Crippen molar-refractivity contribution in [3.05, 3.63) is 26.9 Å². The van der Waals surface area contributed by atoms with Crippen LogP contribution in [0.1, 0.15) is 24.9 Å². The molecule has 0 saturated heterocycles. The first kappa shape index (κ1) is 14.9. The summed E-state index contributed by atoms with van der Waals surface area (Å²) in [5, 5.41) is -0.752. The van der Waals surface area contributed by atoms with E-state index in [2.05, 4.69) is 36.8 Å². The summed E-state index contributed by atoms with van der Waals surface area (Å²) in [7, 11) is 0. The van der Waals surface area contributed by atoms with Crippen molar-refractivity contribution >= 4 is 49.4 Å². The molecule has 1 rings (SSSR count). The number of pyridine rings is 1. The zero-order valence-corrected chi connectivity index (χ0v) is 13.5. The molecule has 0 aromatic carbocycles. The highest BCUT2D eigenvalue weighted by molar-refractivity contribution is 9.11. The second-order valence-corrected chi connectivity index (χ2v) is 5.60. The van der Waals surface area contributed by atoms with Gasteiger partial charge in [0.05, 0.1) is 5.69 Å². The second kappa shape index (κ2) is 6.71. The summed E-state index contributed by atoms with van der Waals surface area (Å²) in [6.07, 6.45) is 1.63. The third kappa shape index (κ3) is 3.66. The van der Waals surface area contributed by atoms with Gasteiger partial charge in [0.2, 0.25) is 5.91 Å². The number of hydrogen-bond donors (Lipinski definition) is 0. The van der Waals surface area contributed by atoms with Crippen molar-refractivity contribution < 1.29 is 4.79 Å². The van der Waals surface area contributed by atoms with Crippen LogP contribution in [-0.4, -0.2) is 28.9 Å². The average molecular weight is 384 g/mol. The standard InChI is InChI=1S/C11H13Br2ClN2O/c1-3-16(4-2)11(17)9(14)10-8(13)5-7(12)6-15-10/h5-6,9H,3-4H2,1-2H3. The Morgan fingerprint density at radius 3 is 2.53 bits per heavy atom. The van der Waals surface area contributed by atoms with Crippen LogP contribution in [0.25, 0.3) is 0 Å². The lowest BCUT2D eigenvalue weighted by Crippen LogP contribution is -2.33. The largest absolute Gasteiger partial charge is 0.342 e. The van der Waals surface area contributed by atoms with Crippen molar-refractivity contribution in [3.63, 3.8) is 0 Å². The van der Waals surface area contributed by atoms with Crippen molar-refractivity contribution in [2.75, 3.05) is 13.1 Å². The zero-order valence-electron chi connectivity index (χ0n) is 9.58. The lowest BCUT2D eigenvalue weighted by molar-refractivity contribution is -0.130.